The molecule has 0 saturated carbocycles. The summed E-state index contributed by atoms with van der Waals surface area (Å²) in [6.45, 7) is 5.42. The molecule has 0 saturated heterocycles. The number of ketones is 1. The summed E-state index contributed by atoms with van der Waals surface area (Å²) in [5.74, 6) is -0.835. The molecule has 2 aromatic carbocycles. The second kappa shape index (κ2) is 8.82. The molecule has 1 amide bonds. The Morgan fingerprint density at radius 1 is 1.06 bits per heavy atom. The number of Topliss-reactive ketones (excluding diaryl/α,β-unsaturated/α-hetero) is 1. The van der Waals surface area contributed by atoms with Crippen LogP contribution in [0.2, 0.25) is 0 Å². The van der Waals surface area contributed by atoms with Crippen molar-refractivity contribution < 1.29 is 14.0 Å². The number of rotatable bonds is 6. The van der Waals surface area contributed by atoms with Crippen molar-refractivity contribution in [1.29, 1.82) is 0 Å². The lowest BCUT2D eigenvalue weighted by molar-refractivity contribution is -0.117. The Hall–Kier alpha value is -4.07. The smallest absolute Gasteiger partial charge is 0.276 e. The highest BCUT2D eigenvalue weighted by atomic mass is 19.1. The predicted molar refractivity (Wildman–Crippen MR) is 124 cm³/mol. The van der Waals surface area contributed by atoms with Gasteiger partial charge in [-0.3, -0.25) is 14.4 Å². The van der Waals surface area contributed by atoms with E-state index in [4.69, 9.17) is 0 Å². The van der Waals surface area contributed by atoms with E-state index in [1.54, 1.807) is 42.6 Å². The Labute approximate surface area is 189 Å². The number of anilines is 1. The molecule has 0 unspecified atom stereocenters. The maximum absolute atomic E-state index is 13.2. The molecule has 4 aromatic rings. The van der Waals surface area contributed by atoms with Crippen molar-refractivity contribution in [1.82, 2.24) is 14.3 Å². The van der Waals surface area contributed by atoms with Crippen LogP contribution in [0.25, 0.3) is 10.8 Å². The number of nitrogens with one attached hydrogen (secondary N) is 1. The minimum atomic E-state index is -0.426. The topological polar surface area (TPSA) is 86.0 Å². The quantitative estimate of drug-likeness (QED) is 0.456. The molecular weight excluding hydrogens is 423 g/mol. The molecule has 0 aliphatic carbocycles. The van der Waals surface area contributed by atoms with Gasteiger partial charge in [0.2, 0.25) is 5.91 Å². The zero-order chi connectivity index (χ0) is 23.7. The average molecular weight is 446 g/mol. The lowest BCUT2D eigenvalue weighted by atomic mass is 10.1. The lowest BCUT2D eigenvalue weighted by Gasteiger charge is -2.09. The van der Waals surface area contributed by atoms with Crippen molar-refractivity contribution >= 4 is 28.2 Å². The van der Waals surface area contributed by atoms with Crippen LogP contribution < -0.4 is 10.9 Å². The second-order valence-corrected chi connectivity index (χ2v) is 7.96. The number of hydrogen-bond donors (Lipinski definition) is 1. The normalized spacial score (nSPS) is 11.0. The summed E-state index contributed by atoms with van der Waals surface area (Å²) in [7, 11) is 0. The summed E-state index contributed by atoms with van der Waals surface area (Å²) in [5.41, 5.74) is 3.12. The molecule has 2 heterocycles. The van der Waals surface area contributed by atoms with Crippen molar-refractivity contribution in [3.63, 3.8) is 0 Å². The predicted octanol–water partition coefficient (Wildman–Crippen LogP) is 3.84. The molecule has 0 spiro atoms. The van der Waals surface area contributed by atoms with Gasteiger partial charge in [-0.15, -0.1) is 0 Å². The summed E-state index contributed by atoms with van der Waals surface area (Å²) in [6, 6.07) is 12.8. The summed E-state index contributed by atoms with van der Waals surface area (Å²) < 4.78 is 16.3. The average Bonchev–Trinajstić information content (AvgIpc) is 3.02. The van der Waals surface area contributed by atoms with Crippen LogP contribution in [-0.4, -0.2) is 26.0 Å². The zero-order valence-electron chi connectivity index (χ0n) is 18.6. The summed E-state index contributed by atoms with van der Waals surface area (Å²) >= 11 is 0. The SMILES string of the molecule is CC(=O)c1cccc(NC(=O)Cn2ncc3c(C)n(Cc4ccc(F)cc4)c(C)c3c2=O)c1. The third-order valence-corrected chi connectivity index (χ3v) is 5.71. The number of carbonyl (C=O) groups excluding carboxylic acids is 2. The van der Waals surface area contributed by atoms with Crippen LogP contribution in [0.1, 0.15) is 34.2 Å². The Morgan fingerprint density at radius 3 is 2.48 bits per heavy atom. The van der Waals surface area contributed by atoms with Crippen molar-refractivity contribution in [2.75, 3.05) is 5.32 Å². The molecule has 0 fully saturated rings. The van der Waals surface area contributed by atoms with E-state index in [-0.39, 0.29) is 23.7 Å². The van der Waals surface area contributed by atoms with Gasteiger partial charge < -0.3 is 9.88 Å². The molecule has 0 atom stereocenters. The van der Waals surface area contributed by atoms with Gasteiger partial charge in [0.05, 0.1) is 11.6 Å². The van der Waals surface area contributed by atoms with Gasteiger partial charge >= 0.3 is 0 Å². The highest BCUT2D eigenvalue weighted by molar-refractivity contribution is 5.97. The van der Waals surface area contributed by atoms with Crippen LogP contribution in [0.3, 0.4) is 0 Å². The van der Waals surface area contributed by atoms with Gasteiger partial charge in [-0.25, -0.2) is 9.07 Å². The van der Waals surface area contributed by atoms with E-state index >= 15 is 0 Å². The Bertz CT molecular complexity index is 1430. The van der Waals surface area contributed by atoms with Crippen molar-refractivity contribution in [3.8, 4) is 0 Å². The van der Waals surface area contributed by atoms with E-state index < -0.39 is 5.91 Å². The van der Waals surface area contributed by atoms with E-state index in [0.717, 1.165) is 21.6 Å². The fourth-order valence-corrected chi connectivity index (χ4v) is 3.92. The van der Waals surface area contributed by atoms with Gasteiger partial charge in [-0.2, -0.15) is 5.10 Å². The van der Waals surface area contributed by atoms with Gasteiger partial charge in [0, 0.05) is 34.6 Å². The number of halogens is 1. The van der Waals surface area contributed by atoms with E-state index in [0.29, 0.717) is 28.6 Å². The van der Waals surface area contributed by atoms with Crippen molar-refractivity contribution in [2.45, 2.75) is 33.9 Å². The number of aryl methyl sites for hydroxylation is 2. The van der Waals surface area contributed by atoms with E-state index in [2.05, 4.69) is 10.4 Å². The number of carbonyl (C=O) groups is 2. The maximum Gasteiger partial charge on any atom is 0.276 e. The largest absolute Gasteiger partial charge is 0.343 e. The van der Waals surface area contributed by atoms with Crippen LogP contribution in [0.4, 0.5) is 10.1 Å². The molecule has 8 heteroatoms. The Morgan fingerprint density at radius 2 is 1.79 bits per heavy atom. The van der Waals surface area contributed by atoms with Crippen LogP contribution in [0.5, 0.6) is 0 Å². The molecule has 168 valence electrons. The van der Waals surface area contributed by atoms with Gasteiger partial charge in [0.25, 0.3) is 5.56 Å². The molecule has 0 radical (unpaired) electrons. The maximum atomic E-state index is 13.2. The Balaban J connectivity index is 1.61. The van der Waals surface area contributed by atoms with Crippen molar-refractivity contribution in [3.05, 3.63) is 93.4 Å². The molecular formula is C25H23FN4O3. The number of fused-ring (bicyclic) bond motifs is 1. The molecule has 7 nitrogen and oxygen atoms in total. The molecule has 4 rings (SSSR count). The highest BCUT2D eigenvalue weighted by Gasteiger charge is 2.17. The number of hydrogen-bond acceptors (Lipinski definition) is 4. The van der Waals surface area contributed by atoms with E-state index in [1.165, 1.54) is 19.1 Å². The van der Waals surface area contributed by atoms with E-state index in [9.17, 15) is 18.8 Å². The van der Waals surface area contributed by atoms with Crippen LogP contribution in [0, 0.1) is 19.7 Å². The second-order valence-electron chi connectivity index (χ2n) is 7.96. The summed E-state index contributed by atoms with van der Waals surface area (Å²) in [6.07, 6.45) is 1.59. The summed E-state index contributed by atoms with van der Waals surface area (Å²) in [5, 5.41) is 8.11. The first kappa shape index (κ1) is 22.1. The number of aromatic nitrogens is 3. The fourth-order valence-electron chi connectivity index (χ4n) is 3.92. The number of amides is 1. The first-order valence-corrected chi connectivity index (χ1v) is 10.5. The third-order valence-electron chi connectivity index (χ3n) is 5.71. The van der Waals surface area contributed by atoms with Gasteiger partial charge in [-0.1, -0.05) is 24.3 Å². The van der Waals surface area contributed by atoms with E-state index in [1.807, 2.05) is 18.4 Å². The van der Waals surface area contributed by atoms with Gasteiger partial charge in [0.15, 0.2) is 5.78 Å². The van der Waals surface area contributed by atoms with Crippen molar-refractivity contribution in [2.24, 2.45) is 0 Å². The fraction of sp³-hybridized carbons (Fsp3) is 0.200. The standard InChI is InChI=1S/C25H23FN4O3/c1-15-22-12-27-30(14-23(32)28-21-6-4-5-19(11-21)17(3)31)25(33)24(22)16(2)29(15)13-18-7-9-20(26)10-8-18/h4-12H,13-14H2,1-3H3,(H,28,32). The zero-order valence-corrected chi connectivity index (χ0v) is 18.6. The van der Waals surface area contributed by atoms with Crippen LogP contribution >= 0.6 is 0 Å². The number of nitrogens with zero attached hydrogens (tertiary/aromatic N) is 3. The van der Waals surface area contributed by atoms with Crippen LogP contribution in [0.15, 0.2) is 59.5 Å². The monoisotopic (exact) mass is 446 g/mol. The molecule has 0 aliphatic rings. The molecule has 33 heavy (non-hydrogen) atoms. The summed E-state index contributed by atoms with van der Waals surface area (Å²) in [4.78, 5) is 37.3. The first-order valence-electron chi connectivity index (χ1n) is 10.5. The highest BCUT2D eigenvalue weighted by Crippen LogP contribution is 2.23. The minimum absolute atomic E-state index is 0.106. The third kappa shape index (κ3) is 4.45. The van der Waals surface area contributed by atoms with Crippen LogP contribution in [-0.2, 0) is 17.9 Å². The molecule has 0 bridgehead atoms. The Kier molecular flexibility index (Phi) is 5.91. The number of benzene rings is 2. The van der Waals surface area contributed by atoms with Gasteiger partial charge in [-0.05, 0) is 50.6 Å². The molecule has 0 aliphatic heterocycles. The molecule has 2 aromatic heterocycles. The van der Waals surface area contributed by atoms with Gasteiger partial charge in [0.1, 0.15) is 12.4 Å². The minimum Gasteiger partial charge on any atom is -0.343 e. The first-order chi connectivity index (χ1) is 15.7. The lowest BCUT2D eigenvalue weighted by Crippen LogP contribution is -2.29. The molecule has 1 N–H and O–H groups in total.